The predicted molar refractivity (Wildman–Crippen MR) is 96.5 cm³/mol. The molecule has 0 bridgehead atoms. The first kappa shape index (κ1) is 17.3. The van der Waals surface area contributed by atoms with Crippen LogP contribution in [0.2, 0.25) is 0 Å². The molecular weight excluding hydrogens is 282 g/mol. The maximum Gasteiger partial charge on any atom is 0.220 e. The molecule has 1 amide bonds. The molecule has 0 heterocycles. The Bertz CT molecular complexity index is 589. The van der Waals surface area contributed by atoms with E-state index in [2.05, 4.69) is 67.7 Å². The molecule has 122 valence electrons. The van der Waals surface area contributed by atoms with Crippen molar-refractivity contribution in [2.75, 3.05) is 0 Å². The van der Waals surface area contributed by atoms with Crippen molar-refractivity contribution < 1.29 is 4.79 Å². The largest absolute Gasteiger partial charge is 0.354 e. The summed E-state index contributed by atoms with van der Waals surface area (Å²) in [4.78, 5) is 12.1. The lowest BCUT2D eigenvalue weighted by atomic mass is 10.0. The first-order chi connectivity index (χ1) is 11.2. The molecule has 0 aromatic heterocycles. The summed E-state index contributed by atoms with van der Waals surface area (Å²) in [6, 6.07) is 19.2. The number of nitrogens with one attached hydrogen (secondary N) is 1. The highest BCUT2D eigenvalue weighted by atomic mass is 16.1. The fourth-order valence-electron chi connectivity index (χ4n) is 2.65. The van der Waals surface area contributed by atoms with Crippen LogP contribution in [0.25, 0.3) is 0 Å². The van der Waals surface area contributed by atoms with Gasteiger partial charge in [-0.25, -0.2) is 0 Å². The number of carbonyl (C=O) groups is 1. The van der Waals surface area contributed by atoms with E-state index in [0.29, 0.717) is 6.42 Å². The molecule has 0 radical (unpaired) electrons. The summed E-state index contributed by atoms with van der Waals surface area (Å²) in [6.45, 7) is 4.23. The summed E-state index contributed by atoms with van der Waals surface area (Å²) >= 11 is 0. The molecule has 0 aliphatic carbocycles. The Balaban J connectivity index is 1.69. The van der Waals surface area contributed by atoms with E-state index in [-0.39, 0.29) is 11.9 Å². The Morgan fingerprint density at radius 2 is 1.52 bits per heavy atom. The summed E-state index contributed by atoms with van der Waals surface area (Å²) in [7, 11) is 0. The van der Waals surface area contributed by atoms with Crippen LogP contribution in [0.1, 0.15) is 43.4 Å². The first-order valence-electron chi connectivity index (χ1n) is 8.58. The summed E-state index contributed by atoms with van der Waals surface area (Å²) < 4.78 is 0. The number of benzene rings is 2. The van der Waals surface area contributed by atoms with Gasteiger partial charge in [0.25, 0.3) is 0 Å². The van der Waals surface area contributed by atoms with Gasteiger partial charge >= 0.3 is 0 Å². The van der Waals surface area contributed by atoms with E-state index in [9.17, 15) is 4.79 Å². The summed E-state index contributed by atoms with van der Waals surface area (Å²) in [6.07, 6.45) is 4.39. The van der Waals surface area contributed by atoms with Gasteiger partial charge in [0.1, 0.15) is 0 Å². The van der Waals surface area contributed by atoms with Gasteiger partial charge in [-0.05, 0) is 49.3 Å². The Morgan fingerprint density at radius 1 is 0.913 bits per heavy atom. The van der Waals surface area contributed by atoms with Crippen molar-refractivity contribution in [3.8, 4) is 0 Å². The highest BCUT2D eigenvalue weighted by Gasteiger charge is 2.08. The molecule has 0 unspecified atom stereocenters. The third kappa shape index (κ3) is 6.27. The minimum Gasteiger partial charge on any atom is -0.354 e. The van der Waals surface area contributed by atoms with Crippen LogP contribution in [0.5, 0.6) is 0 Å². The number of hydrogen-bond acceptors (Lipinski definition) is 1. The molecule has 1 N–H and O–H groups in total. The van der Waals surface area contributed by atoms with Gasteiger partial charge in [0.2, 0.25) is 5.91 Å². The third-order valence-electron chi connectivity index (χ3n) is 4.19. The number of aryl methyl sites for hydroxylation is 3. The van der Waals surface area contributed by atoms with Crippen LogP contribution < -0.4 is 5.32 Å². The summed E-state index contributed by atoms with van der Waals surface area (Å²) in [5, 5.41) is 3.10. The fraction of sp³-hybridized carbons (Fsp3) is 0.381. The van der Waals surface area contributed by atoms with Gasteiger partial charge in [0, 0.05) is 12.5 Å². The molecule has 0 fully saturated rings. The fourth-order valence-corrected chi connectivity index (χ4v) is 2.65. The SMILES string of the molecule is CCc1ccc(CCC(=O)N[C@H](C)CCc2ccccc2)cc1. The van der Waals surface area contributed by atoms with Gasteiger partial charge < -0.3 is 5.32 Å². The number of amides is 1. The van der Waals surface area contributed by atoms with Gasteiger partial charge in [-0.1, -0.05) is 61.5 Å². The molecule has 1 atom stereocenters. The van der Waals surface area contributed by atoms with Crippen molar-refractivity contribution in [1.29, 1.82) is 0 Å². The maximum absolute atomic E-state index is 12.1. The van der Waals surface area contributed by atoms with Crippen LogP contribution >= 0.6 is 0 Å². The normalized spacial score (nSPS) is 11.9. The molecule has 0 saturated carbocycles. The van der Waals surface area contributed by atoms with E-state index in [1.807, 2.05) is 6.07 Å². The van der Waals surface area contributed by atoms with Gasteiger partial charge in [-0.2, -0.15) is 0 Å². The zero-order valence-corrected chi connectivity index (χ0v) is 14.2. The molecular formula is C21H27NO. The number of hydrogen-bond donors (Lipinski definition) is 1. The molecule has 0 saturated heterocycles. The van der Waals surface area contributed by atoms with E-state index < -0.39 is 0 Å². The van der Waals surface area contributed by atoms with Gasteiger partial charge in [-0.15, -0.1) is 0 Å². The molecule has 2 aromatic carbocycles. The van der Waals surface area contributed by atoms with E-state index in [0.717, 1.165) is 25.7 Å². The Hall–Kier alpha value is -2.09. The van der Waals surface area contributed by atoms with Crippen molar-refractivity contribution in [2.24, 2.45) is 0 Å². The van der Waals surface area contributed by atoms with Crippen LogP contribution in [0.15, 0.2) is 54.6 Å². The number of rotatable bonds is 8. The third-order valence-corrected chi connectivity index (χ3v) is 4.19. The van der Waals surface area contributed by atoms with E-state index >= 15 is 0 Å². The average Bonchev–Trinajstić information content (AvgIpc) is 2.59. The van der Waals surface area contributed by atoms with E-state index in [1.54, 1.807) is 0 Å². The lowest BCUT2D eigenvalue weighted by Gasteiger charge is -2.14. The summed E-state index contributed by atoms with van der Waals surface area (Å²) in [5.74, 6) is 0.144. The molecule has 0 spiro atoms. The van der Waals surface area contributed by atoms with Crippen molar-refractivity contribution in [2.45, 2.75) is 52.0 Å². The van der Waals surface area contributed by atoms with Crippen LogP contribution in [-0.2, 0) is 24.1 Å². The van der Waals surface area contributed by atoms with Crippen molar-refractivity contribution in [3.05, 3.63) is 71.3 Å². The second kappa shape index (κ2) is 9.14. The highest BCUT2D eigenvalue weighted by Crippen LogP contribution is 2.08. The van der Waals surface area contributed by atoms with Crippen LogP contribution in [0, 0.1) is 0 Å². The molecule has 2 aromatic rings. The second-order valence-electron chi connectivity index (χ2n) is 6.16. The molecule has 0 aliphatic heterocycles. The Morgan fingerprint density at radius 3 is 2.17 bits per heavy atom. The topological polar surface area (TPSA) is 29.1 Å². The quantitative estimate of drug-likeness (QED) is 0.773. The molecule has 2 rings (SSSR count). The van der Waals surface area contributed by atoms with E-state index in [4.69, 9.17) is 0 Å². The first-order valence-corrected chi connectivity index (χ1v) is 8.58. The smallest absolute Gasteiger partial charge is 0.220 e. The van der Waals surface area contributed by atoms with E-state index in [1.165, 1.54) is 16.7 Å². The van der Waals surface area contributed by atoms with Crippen LogP contribution in [0.3, 0.4) is 0 Å². The Labute approximate surface area is 139 Å². The molecule has 23 heavy (non-hydrogen) atoms. The maximum atomic E-state index is 12.1. The monoisotopic (exact) mass is 309 g/mol. The van der Waals surface area contributed by atoms with Gasteiger partial charge in [-0.3, -0.25) is 4.79 Å². The van der Waals surface area contributed by atoms with Crippen molar-refractivity contribution in [3.63, 3.8) is 0 Å². The second-order valence-corrected chi connectivity index (χ2v) is 6.16. The zero-order chi connectivity index (χ0) is 16.5. The predicted octanol–water partition coefficient (Wildman–Crippen LogP) is 4.32. The zero-order valence-electron chi connectivity index (χ0n) is 14.2. The van der Waals surface area contributed by atoms with Crippen molar-refractivity contribution >= 4 is 5.91 Å². The van der Waals surface area contributed by atoms with Gasteiger partial charge in [0.15, 0.2) is 0 Å². The molecule has 0 aliphatic rings. The number of carbonyl (C=O) groups excluding carboxylic acids is 1. The summed E-state index contributed by atoms with van der Waals surface area (Å²) in [5.41, 5.74) is 3.90. The van der Waals surface area contributed by atoms with Crippen molar-refractivity contribution in [1.82, 2.24) is 5.32 Å². The van der Waals surface area contributed by atoms with Crippen LogP contribution in [-0.4, -0.2) is 11.9 Å². The highest BCUT2D eigenvalue weighted by molar-refractivity contribution is 5.76. The van der Waals surface area contributed by atoms with Gasteiger partial charge in [0.05, 0.1) is 0 Å². The lowest BCUT2D eigenvalue weighted by Crippen LogP contribution is -2.33. The molecule has 2 heteroatoms. The minimum absolute atomic E-state index is 0.144. The van der Waals surface area contributed by atoms with Crippen LogP contribution in [0.4, 0.5) is 0 Å². The standard InChI is InChI=1S/C21H27NO/c1-3-18-11-13-20(14-12-18)15-16-21(23)22-17(2)9-10-19-7-5-4-6-8-19/h4-8,11-14,17H,3,9-10,15-16H2,1-2H3,(H,22,23)/t17-/m1/s1. The average molecular weight is 309 g/mol. The molecule has 2 nitrogen and oxygen atoms in total. The lowest BCUT2D eigenvalue weighted by molar-refractivity contribution is -0.121. The Kier molecular flexibility index (Phi) is 6.86. The minimum atomic E-state index is 0.144.